The Bertz CT molecular complexity index is 1160. The highest BCUT2D eigenvalue weighted by Gasteiger charge is 2.22. The van der Waals surface area contributed by atoms with E-state index in [9.17, 15) is 9.59 Å². The average molecular weight is 505 g/mol. The van der Waals surface area contributed by atoms with E-state index in [2.05, 4.69) is 17.5 Å². The molecule has 0 aliphatic rings. The zero-order valence-electron chi connectivity index (χ0n) is 20.8. The monoisotopic (exact) mass is 504 g/mol. The lowest BCUT2D eigenvalue weighted by Crippen LogP contribution is -2.44. The number of carbonyl (C=O) groups is 2. The summed E-state index contributed by atoms with van der Waals surface area (Å²) >= 11 is 1.67. The molecule has 0 bridgehead atoms. The number of ether oxygens (including phenoxy) is 1. The van der Waals surface area contributed by atoms with Gasteiger partial charge in [-0.15, -0.1) is 11.3 Å². The van der Waals surface area contributed by atoms with Crippen LogP contribution >= 0.6 is 11.3 Å². The molecule has 7 nitrogen and oxygen atoms in total. The molecule has 188 valence electrons. The quantitative estimate of drug-likeness (QED) is 0.334. The van der Waals surface area contributed by atoms with Crippen molar-refractivity contribution in [3.8, 4) is 6.07 Å². The first-order chi connectivity index (χ1) is 17.5. The Labute approximate surface area is 216 Å². The summed E-state index contributed by atoms with van der Waals surface area (Å²) in [7, 11) is 0. The summed E-state index contributed by atoms with van der Waals surface area (Å²) in [6.45, 7) is 6.35. The predicted octanol–water partition coefficient (Wildman–Crippen LogP) is 5.42. The Morgan fingerprint density at radius 3 is 2.39 bits per heavy atom. The van der Waals surface area contributed by atoms with Crippen LogP contribution < -0.4 is 5.32 Å². The van der Waals surface area contributed by atoms with Gasteiger partial charge in [0.05, 0.1) is 18.2 Å². The number of nitrogens with zero attached hydrogens (tertiary/aromatic N) is 3. The van der Waals surface area contributed by atoms with Crippen molar-refractivity contribution in [2.75, 3.05) is 31.6 Å². The second kappa shape index (κ2) is 14.0. The SMILES string of the molecule is CCOCCCN(CC(=O)N(Cc1ccccc1)Cc1ccc(C)s1)C(=O)Nc1ccc(C#N)cc1. The molecule has 0 saturated carbocycles. The van der Waals surface area contributed by atoms with Crippen LogP contribution in [-0.2, 0) is 22.6 Å². The number of carbonyl (C=O) groups excluding carboxylic acids is 2. The molecule has 36 heavy (non-hydrogen) atoms. The normalized spacial score (nSPS) is 10.5. The van der Waals surface area contributed by atoms with Gasteiger partial charge < -0.3 is 19.9 Å². The third kappa shape index (κ3) is 8.52. The van der Waals surface area contributed by atoms with Crippen LogP contribution in [0.15, 0.2) is 66.7 Å². The van der Waals surface area contributed by atoms with Crippen LogP contribution in [0.2, 0.25) is 0 Å². The van der Waals surface area contributed by atoms with Gasteiger partial charge in [0.1, 0.15) is 6.54 Å². The summed E-state index contributed by atoms with van der Waals surface area (Å²) in [6.07, 6.45) is 0.616. The van der Waals surface area contributed by atoms with E-state index in [0.717, 1.165) is 10.4 Å². The molecule has 3 aromatic rings. The van der Waals surface area contributed by atoms with E-state index in [-0.39, 0.29) is 18.5 Å². The number of hydrogen-bond acceptors (Lipinski definition) is 5. The fourth-order valence-corrected chi connectivity index (χ4v) is 4.55. The topological polar surface area (TPSA) is 85.7 Å². The molecule has 0 aliphatic heterocycles. The van der Waals surface area contributed by atoms with Crippen LogP contribution in [0.3, 0.4) is 0 Å². The van der Waals surface area contributed by atoms with E-state index in [4.69, 9.17) is 10.00 Å². The van der Waals surface area contributed by atoms with Gasteiger partial charge >= 0.3 is 6.03 Å². The molecule has 0 spiro atoms. The molecule has 1 N–H and O–H groups in total. The van der Waals surface area contributed by atoms with Crippen molar-refractivity contribution >= 4 is 29.0 Å². The Kier molecular flexibility index (Phi) is 10.5. The molecule has 2 aromatic carbocycles. The highest BCUT2D eigenvalue weighted by atomic mass is 32.1. The first kappa shape index (κ1) is 26.9. The van der Waals surface area contributed by atoms with Gasteiger partial charge in [0.15, 0.2) is 0 Å². The van der Waals surface area contributed by atoms with E-state index in [0.29, 0.717) is 50.5 Å². The highest BCUT2D eigenvalue weighted by Crippen LogP contribution is 2.19. The third-order valence-corrected chi connectivity index (χ3v) is 6.50. The number of rotatable bonds is 12. The minimum absolute atomic E-state index is 0.0502. The second-order valence-corrected chi connectivity index (χ2v) is 9.71. The first-order valence-electron chi connectivity index (χ1n) is 12.0. The Balaban J connectivity index is 1.74. The molecule has 0 fully saturated rings. The standard InChI is InChI=1S/C28H32N4O3S/c1-3-35-17-7-16-31(28(34)30-25-13-11-23(18-29)12-14-25)21-27(33)32(19-24-8-5-4-6-9-24)20-26-15-10-22(2)36-26/h4-6,8-15H,3,7,16-17,19-21H2,1-2H3,(H,30,34). The smallest absolute Gasteiger partial charge is 0.322 e. The number of nitriles is 1. The molecule has 0 saturated heterocycles. The van der Waals surface area contributed by atoms with Gasteiger partial charge in [-0.1, -0.05) is 30.3 Å². The predicted molar refractivity (Wildman–Crippen MR) is 143 cm³/mol. The maximum Gasteiger partial charge on any atom is 0.322 e. The summed E-state index contributed by atoms with van der Waals surface area (Å²) in [5, 5.41) is 11.9. The minimum atomic E-state index is -0.365. The number of nitrogens with one attached hydrogen (secondary N) is 1. The zero-order valence-corrected chi connectivity index (χ0v) is 21.6. The molecule has 8 heteroatoms. The van der Waals surface area contributed by atoms with Gasteiger partial charge in [-0.3, -0.25) is 4.79 Å². The number of anilines is 1. The number of aryl methyl sites for hydroxylation is 1. The van der Waals surface area contributed by atoms with Gasteiger partial charge in [0.25, 0.3) is 0 Å². The fraction of sp³-hybridized carbons (Fsp3) is 0.321. The fourth-order valence-electron chi connectivity index (χ4n) is 3.64. The third-order valence-electron chi connectivity index (χ3n) is 5.51. The van der Waals surface area contributed by atoms with Crippen LogP contribution in [0.25, 0.3) is 0 Å². The van der Waals surface area contributed by atoms with E-state index >= 15 is 0 Å². The molecule has 3 rings (SSSR count). The number of thiophene rings is 1. The lowest BCUT2D eigenvalue weighted by atomic mass is 10.2. The number of urea groups is 1. The van der Waals surface area contributed by atoms with Crippen LogP contribution in [0.1, 0.15) is 34.2 Å². The summed E-state index contributed by atoms with van der Waals surface area (Å²) in [5.74, 6) is -0.128. The van der Waals surface area contributed by atoms with E-state index in [1.165, 1.54) is 9.78 Å². The van der Waals surface area contributed by atoms with Gasteiger partial charge in [-0.05, 0) is 62.2 Å². The van der Waals surface area contributed by atoms with Crippen LogP contribution in [-0.4, -0.2) is 48.0 Å². The second-order valence-electron chi connectivity index (χ2n) is 8.34. The molecule has 0 unspecified atom stereocenters. The van der Waals surface area contributed by atoms with E-state index in [1.54, 1.807) is 40.5 Å². The summed E-state index contributed by atoms with van der Waals surface area (Å²) < 4.78 is 5.44. The summed E-state index contributed by atoms with van der Waals surface area (Å²) in [5.41, 5.74) is 2.11. The molecule has 0 atom stereocenters. The van der Waals surface area contributed by atoms with Crippen molar-refractivity contribution in [1.82, 2.24) is 9.80 Å². The van der Waals surface area contributed by atoms with E-state index < -0.39 is 0 Å². The average Bonchev–Trinajstić information content (AvgIpc) is 3.30. The Hall–Kier alpha value is -3.67. The summed E-state index contributed by atoms with van der Waals surface area (Å²) in [6, 6.07) is 22.3. The molecule has 1 heterocycles. The van der Waals surface area contributed by atoms with Gasteiger partial charge in [-0.2, -0.15) is 5.26 Å². The minimum Gasteiger partial charge on any atom is -0.382 e. The van der Waals surface area contributed by atoms with Crippen LogP contribution in [0.5, 0.6) is 0 Å². The van der Waals surface area contributed by atoms with Crippen LogP contribution in [0.4, 0.5) is 10.5 Å². The van der Waals surface area contributed by atoms with Crippen molar-refractivity contribution in [1.29, 1.82) is 5.26 Å². The lowest BCUT2D eigenvalue weighted by molar-refractivity contribution is -0.133. The van der Waals surface area contributed by atoms with Crippen molar-refractivity contribution in [2.45, 2.75) is 33.4 Å². The van der Waals surface area contributed by atoms with Gasteiger partial charge in [0.2, 0.25) is 5.91 Å². The molecular weight excluding hydrogens is 472 g/mol. The Morgan fingerprint density at radius 2 is 1.75 bits per heavy atom. The van der Waals surface area contributed by atoms with E-state index in [1.807, 2.05) is 50.2 Å². The Morgan fingerprint density at radius 1 is 1.00 bits per heavy atom. The zero-order chi connectivity index (χ0) is 25.8. The highest BCUT2D eigenvalue weighted by molar-refractivity contribution is 7.11. The van der Waals surface area contributed by atoms with Crippen molar-refractivity contribution in [3.63, 3.8) is 0 Å². The lowest BCUT2D eigenvalue weighted by Gasteiger charge is -2.28. The van der Waals surface area contributed by atoms with Crippen molar-refractivity contribution < 1.29 is 14.3 Å². The largest absolute Gasteiger partial charge is 0.382 e. The molecule has 3 amide bonds. The number of benzene rings is 2. The molecular formula is C28H32N4O3S. The summed E-state index contributed by atoms with van der Waals surface area (Å²) in [4.78, 5) is 32.3. The van der Waals surface area contributed by atoms with Gasteiger partial charge in [-0.25, -0.2) is 4.79 Å². The van der Waals surface area contributed by atoms with Crippen LogP contribution in [0, 0.1) is 18.3 Å². The molecule has 0 aliphatic carbocycles. The van der Waals surface area contributed by atoms with Crippen molar-refractivity contribution in [2.24, 2.45) is 0 Å². The van der Waals surface area contributed by atoms with Crippen molar-refractivity contribution in [3.05, 3.63) is 87.6 Å². The molecule has 1 aromatic heterocycles. The molecule has 0 radical (unpaired) electrons. The maximum absolute atomic E-state index is 13.5. The number of amides is 3. The van der Waals surface area contributed by atoms with Gasteiger partial charge in [0, 0.05) is 41.7 Å². The number of hydrogen-bond donors (Lipinski definition) is 1. The maximum atomic E-state index is 13.5. The first-order valence-corrected chi connectivity index (χ1v) is 12.8.